The molecule has 146 valence electrons. The van der Waals surface area contributed by atoms with Crippen LogP contribution in [0, 0.1) is 24.4 Å². The van der Waals surface area contributed by atoms with Crippen LogP contribution < -0.4 is 14.8 Å². The number of nitrogens with one attached hydrogen (secondary N) is 1. The van der Waals surface area contributed by atoms with E-state index in [1.807, 2.05) is 12.1 Å². The van der Waals surface area contributed by atoms with E-state index in [-0.39, 0.29) is 29.9 Å². The zero-order valence-corrected chi connectivity index (χ0v) is 15.5. The molecule has 2 aromatic carbocycles. The first-order valence-corrected chi connectivity index (χ1v) is 8.48. The summed E-state index contributed by atoms with van der Waals surface area (Å²) >= 11 is 0. The van der Waals surface area contributed by atoms with Crippen LogP contribution in [0.25, 0.3) is 0 Å². The number of methoxy groups -OCH3 is 2. The van der Waals surface area contributed by atoms with E-state index in [9.17, 15) is 18.0 Å². The first-order chi connectivity index (χ1) is 12.9. The molecule has 4 nitrogen and oxygen atoms in total. The van der Waals surface area contributed by atoms with Crippen molar-refractivity contribution in [3.8, 4) is 11.5 Å². The van der Waals surface area contributed by atoms with Gasteiger partial charge < -0.3 is 14.8 Å². The third-order valence-corrected chi connectivity index (χ3v) is 4.27. The summed E-state index contributed by atoms with van der Waals surface area (Å²) in [7, 11) is 3.09. The molecule has 0 aliphatic rings. The van der Waals surface area contributed by atoms with Gasteiger partial charge in [-0.25, -0.2) is 13.2 Å². The van der Waals surface area contributed by atoms with Gasteiger partial charge in [-0.2, -0.15) is 0 Å². The molecular formula is C20H22F3NO3. The Morgan fingerprint density at radius 2 is 1.70 bits per heavy atom. The van der Waals surface area contributed by atoms with Crippen LogP contribution in [0.1, 0.15) is 23.1 Å². The highest BCUT2D eigenvalue weighted by Gasteiger charge is 2.16. The minimum absolute atomic E-state index is 0.0647. The first kappa shape index (κ1) is 20.6. The van der Waals surface area contributed by atoms with Gasteiger partial charge in [0, 0.05) is 18.5 Å². The molecule has 0 aliphatic carbocycles. The van der Waals surface area contributed by atoms with E-state index in [1.54, 1.807) is 20.3 Å². The van der Waals surface area contributed by atoms with E-state index < -0.39 is 17.5 Å². The van der Waals surface area contributed by atoms with Gasteiger partial charge in [0.1, 0.15) is 5.82 Å². The molecule has 0 saturated heterocycles. The van der Waals surface area contributed by atoms with Crippen molar-refractivity contribution in [3.05, 3.63) is 58.4 Å². The van der Waals surface area contributed by atoms with Gasteiger partial charge in [-0.3, -0.25) is 4.79 Å². The molecule has 0 spiro atoms. The predicted octanol–water partition coefficient (Wildman–Crippen LogP) is 3.72. The van der Waals surface area contributed by atoms with Crippen molar-refractivity contribution in [1.82, 2.24) is 5.32 Å². The molecule has 0 radical (unpaired) electrons. The average molecular weight is 381 g/mol. The molecule has 0 atom stereocenters. The normalized spacial score (nSPS) is 10.6. The van der Waals surface area contributed by atoms with Gasteiger partial charge in [-0.1, -0.05) is 6.07 Å². The summed E-state index contributed by atoms with van der Waals surface area (Å²) in [5.74, 6) is -2.25. The molecule has 0 unspecified atom stereocenters. The largest absolute Gasteiger partial charge is 0.493 e. The molecule has 2 rings (SSSR count). The zero-order valence-electron chi connectivity index (χ0n) is 15.5. The third kappa shape index (κ3) is 5.15. The molecule has 0 heterocycles. The smallest absolute Gasteiger partial charge is 0.220 e. The SMILES string of the molecule is COc1ccc(CCNC(=O)CCc2cc(F)c(C)c(F)c2F)cc1OC. The lowest BCUT2D eigenvalue weighted by molar-refractivity contribution is -0.121. The van der Waals surface area contributed by atoms with Crippen molar-refractivity contribution in [2.24, 2.45) is 0 Å². The monoisotopic (exact) mass is 381 g/mol. The number of hydrogen-bond donors (Lipinski definition) is 1. The van der Waals surface area contributed by atoms with Crippen molar-refractivity contribution >= 4 is 5.91 Å². The maximum absolute atomic E-state index is 13.8. The van der Waals surface area contributed by atoms with Crippen LogP contribution in [0.15, 0.2) is 24.3 Å². The van der Waals surface area contributed by atoms with E-state index in [2.05, 4.69) is 5.32 Å². The minimum atomic E-state index is -1.21. The number of hydrogen-bond acceptors (Lipinski definition) is 3. The summed E-state index contributed by atoms with van der Waals surface area (Å²) in [5, 5.41) is 2.71. The van der Waals surface area contributed by atoms with Gasteiger partial charge in [0.2, 0.25) is 5.91 Å². The number of carbonyl (C=O) groups excluding carboxylic acids is 1. The number of rotatable bonds is 8. The second kappa shape index (κ2) is 9.30. The first-order valence-electron chi connectivity index (χ1n) is 8.48. The molecule has 2 aromatic rings. The standard InChI is InChI=1S/C20H22F3NO3/c1-12-15(21)11-14(20(23)19(12)22)5-7-18(25)24-9-8-13-4-6-16(26-2)17(10-13)27-3/h4,6,10-11H,5,7-9H2,1-3H3,(H,24,25). The Morgan fingerprint density at radius 1 is 1.00 bits per heavy atom. The van der Waals surface area contributed by atoms with Crippen LogP contribution in [-0.2, 0) is 17.6 Å². The minimum Gasteiger partial charge on any atom is -0.493 e. The lowest BCUT2D eigenvalue weighted by atomic mass is 10.1. The molecule has 0 bridgehead atoms. The maximum Gasteiger partial charge on any atom is 0.220 e. The summed E-state index contributed by atoms with van der Waals surface area (Å²) < 4.78 is 51.3. The Labute approximate surface area is 156 Å². The quantitative estimate of drug-likeness (QED) is 0.709. The fourth-order valence-electron chi connectivity index (χ4n) is 2.64. The number of carbonyl (C=O) groups is 1. The highest BCUT2D eigenvalue weighted by Crippen LogP contribution is 2.27. The predicted molar refractivity (Wildman–Crippen MR) is 95.6 cm³/mol. The van der Waals surface area contributed by atoms with Gasteiger partial charge in [0.15, 0.2) is 23.1 Å². The second-order valence-corrected chi connectivity index (χ2v) is 6.06. The molecule has 1 N–H and O–H groups in total. The summed E-state index contributed by atoms with van der Waals surface area (Å²) in [4.78, 5) is 11.9. The number of ether oxygens (including phenoxy) is 2. The molecule has 1 amide bonds. The van der Waals surface area contributed by atoms with Crippen LogP contribution in [0.4, 0.5) is 13.2 Å². The number of aryl methyl sites for hydroxylation is 1. The second-order valence-electron chi connectivity index (χ2n) is 6.06. The highest BCUT2D eigenvalue weighted by molar-refractivity contribution is 5.76. The van der Waals surface area contributed by atoms with Gasteiger partial charge >= 0.3 is 0 Å². The van der Waals surface area contributed by atoms with Crippen LogP contribution >= 0.6 is 0 Å². The molecule has 0 aliphatic heterocycles. The summed E-state index contributed by atoms with van der Waals surface area (Å²) in [6.07, 6.45) is 0.418. The Balaban J connectivity index is 1.85. The lowest BCUT2D eigenvalue weighted by Gasteiger charge is -2.10. The number of benzene rings is 2. The van der Waals surface area contributed by atoms with Gasteiger partial charge in [-0.15, -0.1) is 0 Å². The lowest BCUT2D eigenvalue weighted by Crippen LogP contribution is -2.26. The third-order valence-electron chi connectivity index (χ3n) is 4.27. The van der Waals surface area contributed by atoms with Gasteiger partial charge in [0.05, 0.1) is 14.2 Å². The summed E-state index contributed by atoms with van der Waals surface area (Å²) in [6.45, 7) is 1.53. The van der Waals surface area contributed by atoms with Crippen LogP contribution in [-0.4, -0.2) is 26.7 Å². The van der Waals surface area contributed by atoms with Crippen LogP contribution in [0.2, 0.25) is 0 Å². The maximum atomic E-state index is 13.8. The van der Waals surface area contributed by atoms with E-state index in [1.165, 1.54) is 6.92 Å². The van der Waals surface area contributed by atoms with Crippen LogP contribution in [0.3, 0.4) is 0 Å². The Kier molecular flexibility index (Phi) is 7.10. The van der Waals surface area contributed by atoms with Crippen molar-refractivity contribution in [1.29, 1.82) is 0 Å². The topological polar surface area (TPSA) is 47.6 Å². The molecule has 27 heavy (non-hydrogen) atoms. The Hall–Kier alpha value is -2.70. The van der Waals surface area contributed by atoms with Crippen molar-refractivity contribution in [2.75, 3.05) is 20.8 Å². The number of halogens is 3. The molecule has 0 fully saturated rings. The van der Waals surface area contributed by atoms with Crippen molar-refractivity contribution in [3.63, 3.8) is 0 Å². The molecule has 7 heteroatoms. The van der Waals surface area contributed by atoms with Gasteiger partial charge in [0.25, 0.3) is 0 Å². The zero-order chi connectivity index (χ0) is 20.0. The molecule has 0 aromatic heterocycles. The summed E-state index contributed by atoms with van der Waals surface area (Å²) in [6, 6.07) is 6.39. The van der Waals surface area contributed by atoms with E-state index in [0.717, 1.165) is 11.6 Å². The summed E-state index contributed by atoms with van der Waals surface area (Å²) in [5.41, 5.74) is 0.433. The number of amides is 1. The van der Waals surface area contributed by atoms with Crippen molar-refractivity contribution in [2.45, 2.75) is 26.2 Å². The highest BCUT2D eigenvalue weighted by atomic mass is 19.2. The van der Waals surface area contributed by atoms with Gasteiger partial charge in [-0.05, 0) is 49.1 Å². The van der Waals surface area contributed by atoms with E-state index in [0.29, 0.717) is 24.5 Å². The Bertz CT molecular complexity index is 825. The average Bonchev–Trinajstić information content (AvgIpc) is 2.67. The molecular weight excluding hydrogens is 359 g/mol. The Morgan fingerprint density at radius 3 is 2.37 bits per heavy atom. The fraction of sp³-hybridized carbons (Fsp3) is 0.350. The molecule has 0 saturated carbocycles. The fourth-order valence-corrected chi connectivity index (χ4v) is 2.64. The van der Waals surface area contributed by atoms with Crippen LogP contribution in [0.5, 0.6) is 11.5 Å². The van der Waals surface area contributed by atoms with Crippen molar-refractivity contribution < 1.29 is 27.4 Å². The van der Waals surface area contributed by atoms with E-state index in [4.69, 9.17) is 9.47 Å². The van der Waals surface area contributed by atoms with E-state index >= 15 is 0 Å².